The summed E-state index contributed by atoms with van der Waals surface area (Å²) in [5.74, 6) is 1.05. The lowest BCUT2D eigenvalue weighted by molar-refractivity contribution is -0.384. The maximum absolute atomic E-state index is 12.8. The standard InChI is InChI=1S/C17H25N3O4S/c1-12-7-9-19(10-8-12)25(23,24)15-5-6-16(17(11-15)20(21)22)18-13(2)14-3-4-14/h5-6,11-14,18H,3-4,7-10H2,1-2H3/t13-/m1/s1. The van der Waals surface area contributed by atoms with Gasteiger partial charge < -0.3 is 5.32 Å². The van der Waals surface area contributed by atoms with Crippen LogP contribution in [0.25, 0.3) is 0 Å². The van der Waals surface area contributed by atoms with Gasteiger partial charge in [-0.05, 0) is 56.6 Å². The van der Waals surface area contributed by atoms with Crippen LogP contribution in [-0.2, 0) is 10.0 Å². The molecule has 1 heterocycles. The Hall–Kier alpha value is -1.67. The Labute approximate surface area is 148 Å². The summed E-state index contributed by atoms with van der Waals surface area (Å²) in [5.41, 5.74) is 0.203. The summed E-state index contributed by atoms with van der Waals surface area (Å²) >= 11 is 0. The molecule has 3 rings (SSSR count). The van der Waals surface area contributed by atoms with Crippen molar-refractivity contribution in [3.63, 3.8) is 0 Å². The Bertz CT molecular complexity index is 753. The van der Waals surface area contributed by atoms with E-state index in [0.717, 1.165) is 25.7 Å². The number of rotatable bonds is 6. The largest absolute Gasteiger partial charge is 0.377 e. The molecule has 0 aromatic heterocycles. The van der Waals surface area contributed by atoms with Gasteiger partial charge in [0, 0.05) is 25.2 Å². The topological polar surface area (TPSA) is 92.6 Å². The summed E-state index contributed by atoms with van der Waals surface area (Å²) in [7, 11) is -3.69. The second-order valence-corrected chi connectivity index (χ2v) is 9.23. The van der Waals surface area contributed by atoms with E-state index in [0.29, 0.717) is 30.6 Å². The molecule has 7 nitrogen and oxygen atoms in total. The van der Waals surface area contributed by atoms with Gasteiger partial charge in [0.05, 0.1) is 9.82 Å². The van der Waals surface area contributed by atoms with E-state index < -0.39 is 14.9 Å². The number of nitrogens with one attached hydrogen (secondary N) is 1. The van der Waals surface area contributed by atoms with Crippen molar-refractivity contribution in [1.82, 2.24) is 4.31 Å². The molecule has 0 amide bonds. The first-order chi connectivity index (χ1) is 11.8. The number of nitro groups is 1. The zero-order valence-corrected chi connectivity index (χ0v) is 15.5. The molecule has 1 N–H and O–H groups in total. The number of hydrogen-bond donors (Lipinski definition) is 1. The quantitative estimate of drug-likeness (QED) is 0.615. The first-order valence-corrected chi connectivity index (χ1v) is 10.3. The average Bonchev–Trinajstić information content (AvgIpc) is 3.40. The third-order valence-electron chi connectivity index (χ3n) is 5.26. The molecule has 8 heteroatoms. The molecule has 0 bridgehead atoms. The van der Waals surface area contributed by atoms with Gasteiger partial charge in [0.15, 0.2) is 0 Å². The minimum absolute atomic E-state index is 0.00150. The van der Waals surface area contributed by atoms with E-state index in [1.54, 1.807) is 0 Å². The van der Waals surface area contributed by atoms with Gasteiger partial charge >= 0.3 is 0 Å². The summed E-state index contributed by atoms with van der Waals surface area (Å²) in [4.78, 5) is 10.9. The second-order valence-electron chi connectivity index (χ2n) is 7.29. The molecule has 1 aromatic rings. The highest BCUT2D eigenvalue weighted by molar-refractivity contribution is 7.89. The Kier molecular flexibility index (Phi) is 5.02. The lowest BCUT2D eigenvalue weighted by Crippen LogP contribution is -2.37. The van der Waals surface area contributed by atoms with Gasteiger partial charge in [-0.25, -0.2) is 8.42 Å². The van der Waals surface area contributed by atoms with Gasteiger partial charge in [0.25, 0.3) is 5.69 Å². The molecular formula is C17H25N3O4S. The Morgan fingerprint density at radius 1 is 1.24 bits per heavy atom. The third-order valence-corrected chi connectivity index (χ3v) is 7.15. The van der Waals surface area contributed by atoms with Gasteiger partial charge in [0.1, 0.15) is 5.69 Å². The number of nitrogens with zero attached hydrogens (tertiary/aromatic N) is 2. The summed E-state index contributed by atoms with van der Waals surface area (Å²) in [6.07, 6.45) is 3.89. The van der Waals surface area contributed by atoms with Crippen molar-refractivity contribution in [3.05, 3.63) is 28.3 Å². The number of nitro benzene ring substituents is 1. The van der Waals surface area contributed by atoms with E-state index in [4.69, 9.17) is 0 Å². The third kappa shape index (κ3) is 3.95. The normalized spacial score (nSPS) is 21.0. The summed E-state index contributed by atoms with van der Waals surface area (Å²) < 4.78 is 27.0. The van der Waals surface area contributed by atoms with Crippen molar-refractivity contribution in [2.75, 3.05) is 18.4 Å². The molecule has 1 atom stereocenters. The van der Waals surface area contributed by atoms with Crippen molar-refractivity contribution < 1.29 is 13.3 Å². The maximum Gasteiger partial charge on any atom is 0.293 e. The Morgan fingerprint density at radius 3 is 2.44 bits per heavy atom. The predicted molar refractivity (Wildman–Crippen MR) is 96.1 cm³/mol. The Morgan fingerprint density at radius 2 is 1.88 bits per heavy atom. The highest BCUT2D eigenvalue weighted by Crippen LogP contribution is 2.36. The van der Waals surface area contributed by atoms with Crippen LogP contribution in [0.1, 0.15) is 39.5 Å². The molecule has 1 aliphatic carbocycles. The summed E-state index contributed by atoms with van der Waals surface area (Å²) in [5, 5.41) is 14.6. The fourth-order valence-corrected chi connectivity index (χ4v) is 4.77. The van der Waals surface area contributed by atoms with Crippen LogP contribution in [0, 0.1) is 22.0 Å². The predicted octanol–water partition coefficient (Wildman–Crippen LogP) is 3.23. The van der Waals surface area contributed by atoms with Crippen molar-refractivity contribution in [1.29, 1.82) is 0 Å². The molecule has 25 heavy (non-hydrogen) atoms. The average molecular weight is 367 g/mol. The fraction of sp³-hybridized carbons (Fsp3) is 0.647. The maximum atomic E-state index is 12.8. The lowest BCUT2D eigenvalue weighted by atomic mass is 10.0. The molecule has 0 unspecified atom stereocenters. The van der Waals surface area contributed by atoms with Crippen molar-refractivity contribution in [3.8, 4) is 0 Å². The highest BCUT2D eigenvalue weighted by atomic mass is 32.2. The molecule has 0 spiro atoms. The van der Waals surface area contributed by atoms with Gasteiger partial charge in [-0.2, -0.15) is 4.31 Å². The van der Waals surface area contributed by atoms with Crippen LogP contribution in [-0.4, -0.2) is 36.8 Å². The van der Waals surface area contributed by atoms with Crippen LogP contribution >= 0.6 is 0 Å². The smallest absolute Gasteiger partial charge is 0.293 e. The zero-order valence-electron chi connectivity index (χ0n) is 14.6. The molecule has 1 aromatic carbocycles. The van der Waals surface area contributed by atoms with E-state index in [-0.39, 0.29) is 16.6 Å². The number of anilines is 1. The molecule has 2 fully saturated rings. The van der Waals surface area contributed by atoms with Crippen molar-refractivity contribution >= 4 is 21.4 Å². The van der Waals surface area contributed by atoms with E-state index in [1.807, 2.05) is 6.92 Å². The van der Waals surface area contributed by atoms with Crippen LogP contribution in [0.5, 0.6) is 0 Å². The molecule has 1 saturated carbocycles. The number of sulfonamides is 1. The van der Waals surface area contributed by atoms with E-state index in [9.17, 15) is 18.5 Å². The van der Waals surface area contributed by atoms with Gasteiger partial charge in [-0.1, -0.05) is 6.92 Å². The van der Waals surface area contributed by atoms with Crippen molar-refractivity contribution in [2.45, 2.75) is 50.5 Å². The van der Waals surface area contributed by atoms with E-state index in [1.165, 1.54) is 22.5 Å². The number of hydrogen-bond acceptors (Lipinski definition) is 5. The van der Waals surface area contributed by atoms with Crippen LogP contribution in [0.15, 0.2) is 23.1 Å². The first-order valence-electron chi connectivity index (χ1n) is 8.84. The molecule has 1 saturated heterocycles. The zero-order chi connectivity index (χ0) is 18.2. The number of benzene rings is 1. The molecule has 0 radical (unpaired) electrons. The second kappa shape index (κ2) is 6.92. The monoisotopic (exact) mass is 367 g/mol. The minimum Gasteiger partial charge on any atom is -0.377 e. The summed E-state index contributed by atoms with van der Waals surface area (Å²) in [6.45, 7) is 5.04. The molecular weight excluding hydrogens is 342 g/mol. The van der Waals surface area contributed by atoms with Crippen molar-refractivity contribution in [2.24, 2.45) is 11.8 Å². The Balaban J connectivity index is 1.86. The van der Waals surface area contributed by atoms with Crippen LogP contribution < -0.4 is 5.32 Å². The SMILES string of the molecule is CC1CCN(S(=O)(=O)c2ccc(N[C@H](C)C3CC3)c([N+](=O)[O-])c2)CC1. The van der Waals surface area contributed by atoms with E-state index in [2.05, 4.69) is 12.2 Å². The minimum atomic E-state index is -3.69. The fourth-order valence-electron chi connectivity index (χ4n) is 3.28. The lowest BCUT2D eigenvalue weighted by Gasteiger charge is -2.29. The van der Waals surface area contributed by atoms with Crippen LogP contribution in [0.3, 0.4) is 0 Å². The van der Waals surface area contributed by atoms with Crippen LogP contribution in [0.4, 0.5) is 11.4 Å². The highest BCUT2D eigenvalue weighted by Gasteiger charge is 2.32. The summed E-state index contributed by atoms with van der Waals surface area (Å²) in [6, 6.07) is 4.33. The number of piperidine rings is 1. The van der Waals surface area contributed by atoms with Gasteiger partial charge in [-0.3, -0.25) is 10.1 Å². The van der Waals surface area contributed by atoms with Gasteiger partial charge in [0.2, 0.25) is 10.0 Å². The molecule has 2 aliphatic rings. The van der Waals surface area contributed by atoms with Gasteiger partial charge in [-0.15, -0.1) is 0 Å². The first kappa shape index (κ1) is 18.1. The molecule has 138 valence electrons. The molecule has 1 aliphatic heterocycles. The van der Waals surface area contributed by atoms with Crippen LogP contribution in [0.2, 0.25) is 0 Å². The van der Waals surface area contributed by atoms with E-state index >= 15 is 0 Å².